The van der Waals surface area contributed by atoms with Crippen molar-refractivity contribution in [2.24, 2.45) is 5.73 Å². The summed E-state index contributed by atoms with van der Waals surface area (Å²) in [7, 11) is 0. The minimum atomic E-state index is -0.252. The van der Waals surface area contributed by atoms with Gasteiger partial charge in [0.1, 0.15) is 5.82 Å². The maximum atomic E-state index is 13.2. The summed E-state index contributed by atoms with van der Waals surface area (Å²) >= 11 is 0. The van der Waals surface area contributed by atoms with Gasteiger partial charge >= 0.3 is 0 Å². The number of aromatic nitrogens is 2. The Morgan fingerprint density at radius 1 is 1.33 bits per heavy atom. The standard InChI is InChI=1S/C14H18FN3/c1-4-18-10(3)14(9(2)17-18)13-6-5-12(15)7-11(13)8-16/h5-7H,4,8,16H2,1-3H3. The smallest absolute Gasteiger partial charge is 0.123 e. The van der Waals surface area contributed by atoms with Crippen molar-refractivity contribution in [2.45, 2.75) is 33.9 Å². The first-order chi connectivity index (χ1) is 8.58. The Bertz CT molecular complexity index is 573. The topological polar surface area (TPSA) is 43.8 Å². The summed E-state index contributed by atoms with van der Waals surface area (Å²) in [6.07, 6.45) is 0. The summed E-state index contributed by atoms with van der Waals surface area (Å²) in [4.78, 5) is 0. The van der Waals surface area contributed by atoms with Crippen LogP contribution in [-0.4, -0.2) is 9.78 Å². The van der Waals surface area contributed by atoms with Crippen molar-refractivity contribution in [3.05, 3.63) is 41.0 Å². The van der Waals surface area contributed by atoms with Gasteiger partial charge in [-0.05, 0) is 44.0 Å². The van der Waals surface area contributed by atoms with Crippen molar-refractivity contribution in [1.29, 1.82) is 0 Å². The Hall–Kier alpha value is -1.68. The van der Waals surface area contributed by atoms with E-state index in [-0.39, 0.29) is 5.82 Å². The first-order valence-electron chi connectivity index (χ1n) is 6.11. The van der Waals surface area contributed by atoms with Crippen molar-refractivity contribution in [2.75, 3.05) is 0 Å². The van der Waals surface area contributed by atoms with Gasteiger partial charge < -0.3 is 5.73 Å². The maximum absolute atomic E-state index is 13.2. The normalized spacial score (nSPS) is 10.9. The van der Waals surface area contributed by atoms with Crippen LogP contribution in [-0.2, 0) is 13.1 Å². The van der Waals surface area contributed by atoms with Crippen LogP contribution in [0.2, 0.25) is 0 Å². The summed E-state index contributed by atoms with van der Waals surface area (Å²) in [5.74, 6) is -0.252. The average Bonchev–Trinajstić information content (AvgIpc) is 2.64. The zero-order valence-electron chi connectivity index (χ0n) is 11.0. The lowest BCUT2D eigenvalue weighted by atomic mass is 9.98. The molecule has 0 radical (unpaired) electrons. The predicted octanol–water partition coefficient (Wildman–Crippen LogP) is 2.78. The van der Waals surface area contributed by atoms with Crippen LogP contribution in [0, 0.1) is 19.7 Å². The fourth-order valence-electron chi connectivity index (χ4n) is 2.37. The number of hydrogen-bond acceptors (Lipinski definition) is 2. The molecular formula is C14H18FN3. The number of aryl methyl sites for hydroxylation is 2. The lowest BCUT2D eigenvalue weighted by Gasteiger charge is -2.09. The fraction of sp³-hybridized carbons (Fsp3) is 0.357. The second-order valence-corrected chi connectivity index (χ2v) is 4.37. The van der Waals surface area contributed by atoms with E-state index >= 15 is 0 Å². The van der Waals surface area contributed by atoms with E-state index < -0.39 is 0 Å². The van der Waals surface area contributed by atoms with E-state index in [2.05, 4.69) is 12.0 Å². The van der Waals surface area contributed by atoms with Crippen LogP contribution in [0.5, 0.6) is 0 Å². The van der Waals surface area contributed by atoms with E-state index in [0.29, 0.717) is 6.54 Å². The van der Waals surface area contributed by atoms with E-state index in [1.807, 2.05) is 18.5 Å². The summed E-state index contributed by atoms with van der Waals surface area (Å²) in [6, 6.07) is 4.75. The summed E-state index contributed by atoms with van der Waals surface area (Å²) < 4.78 is 15.2. The van der Waals surface area contributed by atoms with Crippen molar-refractivity contribution in [3.63, 3.8) is 0 Å². The molecule has 0 saturated carbocycles. The van der Waals surface area contributed by atoms with Crippen molar-refractivity contribution < 1.29 is 4.39 Å². The molecule has 0 saturated heterocycles. The van der Waals surface area contributed by atoms with Gasteiger partial charge in [-0.2, -0.15) is 5.10 Å². The first kappa shape index (κ1) is 12.8. The second kappa shape index (κ2) is 4.90. The fourth-order valence-corrected chi connectivity index (χ4v) is 2.37. The zero-order chi connectivity index (χ0) is 13.3. The Morgan fingerprint density at radius 3 is 2.61 bits per heavy atom. The lowest BCUT2D eigenvalue weighted by molar-refractivity contribution is 0.625. The van der Waals surface area contributed by atoms with E-state index in [0.717, 1.165) is 34.6 Å². The number of halogens is 1. The number of rotatable bonds is 3. The van der Waals surface area contributed by atoms with E-state index in [1.165, 1.54) is 12.1 Å². The molecule has 0 atom stereocenters. The Kier molecular flexibility index (Phi) is 3.48. The summed E-state index contributed by atoms with van der Waals surface area (Å²) in [5, 5.41) is 4.48. The largest absolute Gasteiger partial charge is 0.326 e. The molecule has 0 unspecified atom stereocenters. The van der Waals surface area contributed by atoms with Crippen LogP contribution in [0.1, 0.15) is 23.9 Å². The molecule has 0 aliphatic rings. The molecule has 1 heterocycles. The number of nitrogens with two attached hydrogens (primary N) is 1. The Morgan fingerprint density at radius 2 is 2.06 bits per heavy atom. The molecule has 0 aliphatic carbocycles. The summed E-state index contributed by atoms with van der Waals surface area (Å²) in [6.45, 7) is 7.20. The molecular weight excluding hydrogens is 229 g/mol. The molecule has 0 fully saturated rings. The molecule has 2 rings (SSSR count). The summed E-state index contributed by atoms with van der Waals surface area (Å²) in [5.41, 5.74) is 10.6. The van der Waals surface area contributed by atoms with Gasteiger partial charge in [0.05, 0.1) is 5.69 Å². The molecule has 1 aromatic carbocycles. The van der Waals surface area contributed by atoms with Gasteiger partial charge in [-0.1, -0.05) is 6.07 Å². The highest BCUT2D eigenvalue weighted by atomic mass is 19.1. The number of nitrogens with zero attached hydrogens (tertiary/aromatic N) is 2. The monoisotopic (exact) mass is 247 g/mol. The van der Waals surface area contributed by atoms with Crippen molar-refractivity contribution in [3.8, 4) is 11.1 Å². The van der Waals surface area contributed by atoms with Crippen LogP contribution in [0.25, 0.3) is 11.1 Å². The first-order valence-corrected chi connectivity index (χ1v) is 6.11. The van der Waals surface area contributed by atoms with E-state index in [1.54, 1.807) is 6.07 Å². The van der Waals surface area contributed by atoms with Crippen LogP contribution >= 0.6 is 0 Å². The third kappa shape index (κ3) is 2.04. The van der Waals surface area contributed by atoms with Crippen molar-refractivity contribution >= 4 is 0 Å². The molecule has 0 spiro atoms. The second-order valence-electron chi connectivity index (χ2n) is 4.37. The number of benzene rings is 1. The zero-order valence-corrected chi connectivity index (χ0v) is 11.0. The highest BCUT2D eigenvalue weighted by Gasteiger charge is 2.15. The third-order valence-corrected chi connectivity index (χ3v) is 3.24. The van der Waals surface area contributed by atoms with E-state index in [9.17, 15) is 4.39 Å². The van der Waals surface area contributed by atoms with Gasteiger partial charge in [-0.15, -0.1) is 0 Å². The SMILES string of the molecule is CCn1nc(C)c(-c2ccc(F)cc2CN)c1C. The maximum Gasteiger partial charge on any atom is 0.123 e. The molecule has 2 aromatic rings. The van der Waals surface area contributed by atoms with Gasteiger partial charge in [-0.3, -0.25) is 4.68 Å². The molecule has 18 heavy (non-hydrogen) atoms. The van der Waals surface area contributed by atoms with Crippen LogP contribution in [0.15, 0.2) is 18.2 Å². The quantitative estimate of drug-likeness (QED) is 0.906. The van der Waals surface area contributed by atoms with Crippen LogP contribution < -0.4 is 5.73 Å². The minimum absolute atomic E-state index is 0.252. The molecule has 0 bridgehead atoms. The molecule has 0 amide bonds. The molecule has 1 aromatic heterocycles. The van der Waals surface area contributed by atoms with Gasteiger partial charge in [0.2, 0.25) is 0 Å². The minimum Gasteiger partial charge on any atom is -0.326 e. The van der Waals surface area contributed by atoms with Gasteiger partial charge in [-0.25, -0.2) is 4.39 Å². The molecule has 0 aliphatic heterocycles. The Balaban J connectivity index is 2.65. The molecule has 3 nitrogen and oxygen atoms in total. The molecule has 2 N–H and O–H groups in total. The lowest BCUT2D eigenvalue weighted by Crippen LogP contribution is -2.01. The van der Waals surface area contributed by atoms with Gasteiger partial charge in [0.25, 0.3) is 0 Å². The molecule has 96 valence electrons. The number of hydrogen-bond donors (Lipinski definition) is 1. The molecule has 4 heteroatoms. The van der Waals surface area contributed by atoms with Gasteiger partial charge in [0.15, 0.2) is 0 Å². The Labute approximate surface area is 106 Å². The van der Waals surface area contributed by atoms with Crippen LogP contribution in [0.3, 0.4) is 0 Å². The predicted molar refractivity (Wildman–Crippen MR) is 70.7 cm³/mol. The van der Waals surface area contributed by atoms with Crippen molar-refractivity contribution in [1.82, 2.24) is 9.78 Å². The van der Waals surface area contributed by atoms with E-state index in [4.69, 9.17) is 5.73 Å². The average molecular weight is 247 g/mol. The highest BCUT2D eigenvalue weighted by Crippen LogP contribution is 2.30. The third-order valence-electron chi connectivity index (χ3n) is 3.24. The highest BCUT2D eigenvalue weighted by molar-refractivity contribution is 5.71. The van der Waals surface area contributed by atoms with Gasteiger partial charge in [0, 0.05) is 24.3 Å². The van der Waals surface area contributed by atoms with Crippen LogP contribution in [0.4, 0.5) is 4.39 Å².